The number of ether oxygens (including phenoxy) is 2. The molecule has 2 aliphatic heterocycles. The minimum absolute atomic E-state index is 0.125. The van der Waals surface area contributed by atoms with E-state index in [1.807, 2.05) is 17.6 Å². The highest BCUT2D eigenvalue weighted by molar-refractivity contribution is 5.83. The Morgan fingerprint density at radius 1 is 0.939 bits per heavy atom. The van der Waals surface area contributed by atoms with Crippen molar-refractivity contribution in [3.63, 3.8) is 0 Å². The number of likely N-dealkylation sites (tertiary alicyclic amines) is 1. The summed E-state index contributed by atoms with van der Waals surface area (Å²) in [6, 6.07) is 14.5. The molecule has 3 aromatic rings. The van der Waals surface area contributed by atoms with Gasteiger partial charge in [-0.25, -0.2) is 0 Å². The molecule has 3 heterocycles. The van der Waals surface area contributed by atoms with Crippen molar-refractivity contribution >= 4 is 10.9 Å². The fourth-order valence-electron chi connectivity index (χ4n) is 5.30. The van der Waals surface area contributed by atoms with Crippen LogP contribution in [0.25, 0.3) is 10.9 Å². The van der Waals surface area contributed by atoms with E-state index in [0.29, 0.717) is 13.2 Å². The summed E-state index contributed by atoms with van der Waals surface area (Å²) in [5.74, 6) is 2.48. The molecular formula is C28H34N2O3. The second kappa shape index (κ2) is 9.60. The number of hydrogen-bond acceptors (Lipinski definition) is 4. The van der Waals surface area contributed by atoms with Crippen molar-refractivity contribution in [1.29, 1.82) is 0 Å². The first kappa shape index (κ1) is 22.0. The third-order valence-electron chi connectivity index (χ3n) is 7.19. The van der Waals surface area contributed by atoms with Crippen LogP contribution in [0, 0.1) is 19.8 Å². The van der Waals surface area contributed by atoms with Gasteiger partial charge in [0.1, 0.15) is 13.2 Å². The Hall–Kier alpha value is -2.79. The van der Waals surface area contributed by atoms with Gasteiger partial charge in [0.05, 0.1) is 5.52 Å². The molecule has 0 unspecified atom stereocenters. The van der Waals surface area contributed by atoms with E-state index >= 15 is 0 Å². The average molecular weight is 447 g/mol. The molecule has 1 fully saturated rings. The monoisotopic (exact) mass is 446 g/mol. The summed E-state index contributed by atoms with van der Waals surface area (Å²) in [4.78, 5) is 15.2. The molecule has 0 aliphatic carbocycles. The molecule has 0 atom stereocenters. The molecule has 2 aromatic carbocycles. The number of rotatable bonds is 6. The summed E-state index contributed by atoms with van der Waals surface area (Å²) in [7, 11) is 0. The van der Waals surface area contributed by atoms with Crippen LogP contribution in [0.15, 0.2) is 47.3 Å². The lowest BCUT2D eigenvalue weighted by atomic mass is 9.92. The maximum Gasteiger partial charge on any atom is 0.251 e. The highest BCUT2D eigenvalue weighted by Gasteiger charge is 2.20. The van der Waals surface area contributed by atoms with Crippen molar-refractivity contribution in [3.8, 4) is 11.5 Å². The molecule has 0 radical (unpaired) electrons. The maximum atomic E-state index is 12.7. The van der Waals surface area contributed by atoms with E-state index in [1.165, 1.54) is 35.8 Å². The number of fused-ring (bicyclic) bond motifs is 2. The van der Waals surface area contributed by atoms with Crippen LogP contribution in [-0.4, -0.2) is 35.8 Å². The zero-order valence-electron chi connectivity index (χ0n) is 19.8. The number of nitrogens with zero attached hydrogens (tertiary/aromatic N) is 2. The predicted octanol–water partition coefficient (Wildman–Crippen LogP) is 5.08. The third-order valence-corrected chi connectivity index (χ3v) is 7.19. The van der Waals surface area contributed by atoms with Crippen LogP contribution < -0.4 is 15.0 Å². The molecule has 1 aromatic heterocycles. The highest BCUT2D eigenvalue weighted by atomic mass is 16.6. The molecular weight excluding hydrogens is 412 g/mol. The standard InChI is InChI=1S/C28H34N2O3/c1-20-5-7-24-21(2)17-28(31)30(25(24)16-20)11-3-4-22-9-12-29(13-10-22)19-23-6-8-26-27(18-23)33-15-14-32-26/h5-8,16-18,22H,3-4,9-15,19H2,1-2H3. The minimum atomic E-state index is 0.125. The molecule has 5 heteroatoms. The summed E-state index contributed by atoms with van der Waals surface area (Å²) in [6.07, 6.45) is 4.70. The maximum absolute atomic E-state index is 12.7. The number of aryl methyl sites for hydroxylation is 3. The third kappa shape index (κ3) is 4.93. The fourth-order valence-corrected chi connectivity index (χ4v) is 5.30. The summed E-state index contributed by atoms with van der Waals surface area (Å²) in [5, 5.41) is 1.19. The van der Waals surface area contributed by atoms with Gasteiger partial charge in [0, 0.05) is 24.5 Å². The fraction of sp³-hybridized carbons (Fsp3) is 0.464. The van der Waals surface area contributed by atoms with Crippen LogP contribution in [-0.2, 0) is 13.1 Å². The lowest BCUT2D eigenvalue weighted by Gasteiger charge is -2.32. The van der Waals surface area contributed by atoms with Crippen LogP contribution in [0.4, 0.5) is 0 Å². The van der Waals surface area contributed by atoms with Crippen LogP contribution in [0.2, 0.25) is 0 Å². The summed E-state index contributed by atoms with van der Waals surface area (Å²) >= 11 is 0. The van der Waals surface area contributed by atoms with E-state index in [9.17, 15) is 4.79 Å². The lowest BCUT2D eigenvalue weighted by molar-refractivity contribution is 0.165. The molecule has 0 saturated carbocycles. The van der Waals surface area contributed by atoms with Crippen LogP contribution >= 0.6 is 0 Å². The Bertz CT molecular complexity index is 1190. The molecule has 2 aliphatic rings. The first-order valence-corrected chi connectivity index (χ1v) is 12.3. The number of hydrogen-bond donors (Lipinski definition) is 0. The normalized spacial score (nSPS) is 16.9. The quantitative estimate of drug-likeness (QED) is 0.530. The van der Waals surface area contributed by atoms with E-state index < -0.39 is 0 Å². The lowest BCUT2D eigenvalue weighted by Crippen LogP contribution is -2.33. The second-order valence-electron chi connectivity index (χ2n) is 9.68. The molecule has 33 heavy (non-hydrogen) atoms. The Labute approximate surface area is 195 Å². The Morgan fingerprint density at radius 2 is 1.73 bits per heavy atom. The Balaban J connectivity index is 1.14. The Morgan fingerprint density at radius 3 is 2.55 bits per heavy atom. The summed E-state index contributed by atoms with van der Waals surface area (Å²) in [6.45, 7) is 9.42. The van der Waals surface area contributed by atoms with Crippen molar-refractivity contribution in [1.82, 2.24) is 9.47 Å². The van der Waals surface area contributed by atoms with E-state index in [2.05, 4.69) is 42.2 Å². The van der Waals surface area contributed by atoms with Crippen LogP contribution in [0.1, 0.15) is 42.4 Å². The minimum Gasteiger partial charge on any atom is -0.486 e. The van der Waals surface area contributed by atoms with Crippen molar-refractivity contribution in [2.75, 3.05) is 26.3 Å². The van der Waals surface area contributed by atoms with Crippen LogP contribution in [0.3, 0.4) is 0 Å². The van der Waals surface area contributed by atoms with Gasteiger partial charge in [-0.05, 0) is 93.4 Å². The van der Waals surface area contributed by atoms with Crippen molar-refractivity contribution < 1.29 is 9.47 Å². The molecule has 5 nitrogen and oxygen atoms in total. The van der Waals surface area contributed by atoms with E-state index in [4.69, 9.17) is 9.47 Å². The molecule has 0 amide bonds. The SMILES string of the molecule is Cc1ccc2c(C)cc(=O)n(CCCC3CCN(Cc4ccc5c(c4)OCCO5)CC3)c2c1. The summed E-state index contributed by atoms with van der Waals surface area (Å²) < 4.78 is 13.3. The van der Waals surface area contributed by atoms with E-state index in [1.54, 1.807) is 6.07 Å². The van der Waals surface area contributed by atoms with Gasteiger partial charge in [-0.15, -0.1) is 0 Å². The smallest absolute Gasteiger partial charge is 0.251 e. The van der Waals surface area contributed by atoms with Crippen molar-refractivity contribution in [3.05, 3.63) is 69.5 Å². The number of pyridine rings is 1. The topological polar surface area (TPSA) is 43.7 Å². The summed E-state index contributed by atoms with van der Waals surface area (Å²) in [5.41, 5.74) is 4.76. The second-order valence-corrected chi connectivity index (χ2v) is 9.68. The first-order valence-electron chi connectivity index (χ1n) is 12.3. The zero-order valence-corrected chi connectivity index (χ0v) is 19.8. The molecule has 0 N–H and O–H groups in total. The Kier molecular flexibility index (Phi) is 6.41. The number of piperidine rings is 1. The van der Waals surface area contributed by atoms with Gasteiger partial charge in [0.2, 0.25) is 0 Å². The van der Waals surface area contributed by atoms with E-state index in [-0.39, 0.29) is 5.56 Å². The van der Waals surface area contributed by atoms with Gasteiger partial charge in [-0.2, -0.15) is 0 Å². The van der Waals surface area contributed by atoms with Crippen molar-refractivity contribution in [2.45, 2.75) is 52.6 Å². The number of aromatic nitrogens is 1. The highest BCUT2D eigenvalue weighted by Crippen LogP contribution is 2.32. The van der Waals surface area contributed by atoms with Gasteiger partial charge in [-0.3, -0.25) is 9.69 Å². The largest absolute Gasteiger partial charge is 0.486 e. The van der Waals surface area contributed by atoms with E-state index in [0.717, 1.165) is 61.1 Å². The first-order chi connectivity index (χ1) is 16.1. The van der Waals surface area contributed by atoms with Gasteiger partial charge >= 0.3 is 0 Å². The van der Waals surface area contributed by atoms with Gasteiger partial charge in [0.15, 0.2) is 11.5 Å². The van der Waals surface area contributed by atoms with Crippen molar-refractivity contribution in [2.24, 2.45) is 5.92 Å². The molecule has 5 rings (SSSR count). The predicted molar refractivity (Wildman–Crippen MR) is 132 cm³/mol. The molecule has 0 spiro atoms. The van der Waals surface area contributed by atoms with Gasteiger partial charge in [0.25, 0.3) is 5.56 Å². The van der Waals surface area contributed by atoms with Gasteiger partial charge in [-0.1, -0.05) is 18.2 Å². The average Bonchev–Trinajstić information content (AvgIpc) is 2.82. The zero-order chi connectivity index (χ0) is 22.8. The molecule has 0 bridgehead atoms. The van der Waals surface area contributed by atoms with Gasteiger partial charge < -0.3 is 14.0 Å². The van der Waals surface area contributed by atoms with Crippen LogP contribution in [0.5, 0.6) is 11.5 Å². The molecule has 1 saturated heterocycles. The number of benzene rings is 2. The molecule has 174 valence electrons.